The molecule has 488 valence electrons. The number of nitrogens with zero attached hydrogens (tertiary/aromatic N) is 7. The maximum absolute atomic E-state index is 6.52. The zero-order chi connectivity index (χ0) is 68.8. The number of halogens is 1. The Morgan fingerprint density at radius 1 is 0.282 bits per heavy atom. The largest absolute Gasteiger partial charge is 0.309 e. The minimum atomic E-state index is -0.294. The molecule has 0 saturated heterocycles. The summed E-state index contributed by atoms with van der Waals surface area (Å²) in [6, 6.07) is 113. The minimum Gasteiger partial charge on any atom is -0.309 e. The number of aromatic nitrogens is 7. The first-order valence-electron chi connectivity index (χ1n) is 35.4. The zero-order valence-electron chi connectivity index (χ0n) is 57.2. The molecular weight excluding hydrogens is 1270 g/mol. The number of hydrogen-bond donors (Lipinski definition) is 0. The average Bonchev–Trinajstić information content (AvgIpc) is 1.56. The second kappa shape index (κ2) is 23.3. The zero-order valence-corrected chi connectivity index (χ0v) is 58.0. The van der Waals surface area contributed by atoms with E-state index in [0.29, 0.717) is 5.95 Å². The molecule has 0 saturated carbocycles. The fourth-order valence-corrected chi connectivity index (χ4v) is 17.5. The van der Waals surface area contributed by atoms with Crippen molar-refractivity contribution in [3.8, 4) is 73.5 Å². The molecule has 7 nitrogen and oxygen atoms in total. The van der Waals surface area contributed by atoms with Gasteiger partial charge in [0, 0.05) is 87.9 Å². The number of hydrogen-bond acceptors (Lipinski definition) is 4. The van der Waals surface area contributed by atoms with Crippen molar-refractivity contribution < 1.29 is 0 Å². The van der Waals surface area contributed by atoms with E-state index in [4.69, 9.17) is 26.6 Å². The molecule has 0 amide bonds. The number of para-hydroxylation sites is 5. The predicted octanol–water partition coefficient (Wildman–Crippen LogP) is 24.4. The molecule has 0 fully saturated rings. The summed E-state index contributed by atoms with van der Waals surface area (Å²) in [4.78, 5) is 20.6. The quantitative estimate of drug-likeness (QED) is 0.161. The highest BCUT2D eigenvalue weighted by Gasteiger charge is 2.42. The van der Waals surface area contributed by atoms with Crippen LogP contribution >= 0.6 is 11.6 Å². The van der Waals surface area contributed by atoms with Gasteiger partial charge in [0.1, 0.15) is 0 Å². The first-order valence-corrected chi connectivity index (χ1v) is 35.8. The van der Waals surface area contributed by atoms with Gasteiger partial charge >= 0.3 is 0 Å². The molecule has 0 aliphatic heterocycles. The van der Waals surface area contributed by atoms with Crippen LogP contribution in [0.5, 0.6) is 0 Å². The van der Waals surface area contributed by atoms with Gasteiger partial charge in [-0.25, -0.2) is 19.9 Å². The van der Waals surface area contributed by atoms with Crippen molar-refractivity contribution in [1.29, 1.82) is 0 Å². The molecule has 3 aliphatic carbocycles. The monoisotopic (exact) mass is 1340 g/mol. The number of fused-ring (bicyclic) bond motifs is 20. The summed E-state index contributed by atoms with van der Waals surface area (Å²) in [6.07, 6.45) is 1.08. The summed E-state index contributed by atoms with van der Waals surface area (Å²) in [5.41, 5.74) is 27.4. The van der Waals surface area contributed by atoms with Gasteiger partial charge in [0.25, 0.3) is 0 Å². The Kier molecular flexibility index (Phi) is 13.6. The smallest absolute Gasteiger partial charge is 0.235 e. The Hall–Kier alpha value is -12.6. The standard InChI is InChI=1S/C47H32N4.C31H22ClN3.C17H12/c1-47(2)38-21-11-8-20-36(38)45-43(47)44(31-24-25-35-33-18-9-12-22-39(33)50(41(35)28-31)32-16-4-3-5-17-32)48-46(49-45)51-40-23-13-10-19-34(40)37-26-29-14-6-7-15-30(29)27-42(37)51;1-31(2)24-14-8-6-13-23(24)29-27(31)28(33-30(32)34-29)19-16-17-22-21-12-7-9-15-25(21)35(26(22)18-19)20-10-4-3-5-11-20;1-2-6-13-11-17-15(9-12(13)5-1)10-14-7-3-4-8-16(14)17/h3-28H,1-2H3;3-18H,1-2H3;1-9,11H,10H2. The van der Waals surface area contributed by atoms with Gasteiger partial charge in [-0.3, -0.25) is 4.57 Å². The van der Waals surface area contributed by atoms with Crippen LogP contribution in [0.25, 0.3) is 160 Å². The van der Waals surface area contributed by atoms with Crippen LogP contribution in [0.4, 0.5) is 0 Å². The van der Waals surface area contributed by atoms with E-state index in [1.807, 2.05) is 0 Å². The molecule has 103 heavy (non-hydrogen) atoms. The second-order valence-corrected chi connectivity index (χ2v) is 28.9. The van der Waals surface area contributed by atoms with E-state index in [1.54, 1.807) is 0 Å². The van der Waals surface area contributed by atoms with Crippen LogP contribution in [0, 0.1) is 0 Å². The van der Waals surface area contributed by atoms with Crippen molar-refractivity contribution in [3.05, 3.63) is 354 Å². The Labute approximate surface area is 600 Å². The Bertz CT molecular complexity index is 6730. The van der Waals surface area contributed by atoms with Crippen molar-refractivity contribution >= 4 is 98.6 Å². The summed E-state index contributed by atoms with van der Waals surface area (Å²) in [6.45, 7) is 9.13. The Balaban J connectivity index is 0.000000117. The topological polar surface area (TPSA) is 66.3 Å². The van der Waals surface area contributed by atoms with E-state index >= 15 is 0 Å². The molecular formula is C95H66ClN7. The van der Waals surface area contributed by atoms with Crippen LogP contribution in [-0.2, 0) is 17.3 Å². The molecule has 5 aromatic heterocycles. The van der Waals surface area contributed by atoms with Gasteiger partial charge < -0.3 is 9.13 Å². The highest BCUT2D eigenvalue weighted by molar-refractivity contribution is 6.28. The summed E-state index contributed by atoms with van der Waals surface area (Å²) >= 11 is 6.52. The maximum Gasteiger partial charge on any atom is 0.235 e. The first kappa shape index (κ1) is 60.4. The van der Waals surface area contributed by atoms with Gasteiger partial charge in [-0.15, -0.1) is 0 Å². The van der Waals surface area contributed by atoms with Gasteiger partial charge in [-0.1, -0.05) is 270 Å². The van der Waals surface area contributed by atoms with Gasteiger partial charge in [0.15, 0.2) is 0 Å². The molecule has 0 N–H and O–H groups in total. The fourth-order valence-electron chi connectivity index (χ4n) is 17.4. The predicted molar refractivity (Wildman–Crippen MR) is 428 cm³/mol. The van der Waals surface area contributed by atoms with E-state index in [1.165, 1.54) is 109 Å². The van der Waals surface area contributed by atoms with E-state index < -0.39 is 0 Å². The van der Waals surface area contributed by atoms with Crippen LogP contribution < -0.4 is 0 Å². The second-order valence-electron chi connectivity index (χ2n) is 28.6. The molecule has 19 aromatic rings. The molecule has 0 spiro atoms. The lowest BCUT2D eigenvalue weighted by atomic mass is 9.81. The third-order valence-corrected chi connectivity index (χ3v) is 22.2. The number of rotatable bonds is 5. The average molecular weight is 1340 g/mol. The number of benzene rings is 14. The minimum absolute atomic E-state index is 0.229. The normalized spacial score (nSPS) is 13.4. The molecule has 8 heteroatoms. The SMILES string of the molecule is CC1(C)c2ccccc2-c2nc(-n3c4ccccc4c4cc5ccccc5cc43)nc(-c3ccc4c5ccccc5n(-c5ccccc5)c4c3)c21.CC1(C)c2ccccc2-c2nc(Cl)nc(-c3ccc4c5ccccc5n(-c5ccccc5)c4c3)c21.c1ccc2c(c1)Cc1cc3ccccc3cc1-2. The molecule has 0 bridgehead atoms. The molecule has 0 unspecified atom stereocenters. The Morgan fingerprint density at radius 2 is 0.670 bits per heavy atom. The highest BCUT2D eigenvalue weighted by atomic mass is 35.5. The van der Waals surface area contributed by atoms with E-state index in [0.717, 1.165) is 84.9 Å². The fraction of sp³-hybridized carbons (Fsp3) is 0.0737. The third kappa shape index (κ3) is 9.42. The molecule has 3 aliphatic rings. The molecule has 0 radical (unpaired) electrons. The van der Waals surface area contributed by atoms with Gasteiger partial charge in [-0.05, 0) is 146 Å². The van der Waals surface area contributed by atoms with Gasteiger partial charge in [-0.2, -0.15) is 0 Å². The van der Waals surface area contributed by atoms with Crippen LogP contribution in [0.1, 0.15) is 61.1 Å². The molecule has 0 atom stereocenters. The molecule has 5 heterocycles. The third-order valence-electron chi connectivity index (χ3n) is 22.1. The van der Waals surface area contributed by atoms with Crippen molar-refractivity contribution in [2.45, 2.75) is 44.9 Å². The maximum atomic E-state index is 6.52. The first-order chi connectivity index (χ1) is 50.5. The lowest BCUT2D eigenvalue weighted by Crippen LogP contribution is -2.18. The van der Waals surface area contributed by atoms with Crippen molar-refractivity contribution in [3.63, 3.8) is 0 Å². The lowest BCUT2D eigenvalue weighted by Gasteiger charge is -2.24. The summed E-state index contributed by atoms with van der Waals surface area (Å²) in [5.74, 6) is 0.682. The van der Waals surface area contributed by atoms with E-state index in [2.05, 4.69) is 362 Å². The summed E-state index contributed by atoms with van der Waals surface area (Å²) in [5, 5.41) is 12.7. The van der Waals surface area contributed by atoms with E-state index in [-0.39, 0.29) is 16.1 Å². The van der Waals surface area contributed by atoms with Crippen molar-refractivity contribution in [2.24, 2.45) is 0 Å². The molecule has 14 aromatic carbocycles. The highest BCUT2D eigenvalue weighted by Crippen LogP contribution is 2.54. The van der Waals surface area contributed by atoms with Crippen LogP contribution in [0.2, 0.25) is 5.28 Å². The van der Waals surface area contributed by atoms with Crippen LogP contribution in [0.3, 0.4) is 0 Å². The summed E-state index contributed by atoms with van der Waals surface area (Å²) < 4.78 is 6.99. The Morgan fingerprint density at radius 3 is 1.23 bits per heavy atom. The van der Waals surface area contributed by atoms with Gasteiger partial charge in [0.2, 0.25) is 11.2 Å². The van der Waals surface area contributed by atoms with Crippen molar-refractivity contribution in [1.82, 2.24) is 33.6 Å². The summed E-state index contributed by atoms with van der Waals surface area (Å²) in [7, 11) is 0. The van der Waals surface area contributed by atoms with E-state index in [9.17, 15) is 0 Å². The van der Waals surface area contributed by atoms with Crippen LogP contribution in [-0.4, -0.2) is 33.6 Å². The van der Waals surface area contributed by atoms with Crippen molar-refractivity contribution in [2.75, 3.05) is 0 Å². The van der Waals surface area contributed by atoms with Gasteiger partial charge in [0.05, 0.1) is 55.9 Å². The molecule has 22 rings (SSSR count). The van der Waals surface area contributed by atoms with Crippen LogP contribution in [0.15, 0.2) is 315 Å². The lowest BCUT2D eigenvalue weighted by molar-refractivity contribution is 0.657.